The zero-order valence-corrected chi connectivity index (χ0v) is 7.48. The molecule has 0 spiro atoms. The van der Waals surface area contributed by atoms with Crippen molar-refractivity contribution in [2.24, 2.45) is 0 Å². The van der Waals surface area contributed by atoms with Gasteiger partial charge in [-0.25, -0.2) is 13.8 Å². The molecule has 4 nitrogen and oxygen atoms in total. The predicted molar refractivity (Wildman–Crippen MR) is 46.8 cm³/mol. The van der Waals surface area contributed by atoms with Crippen molar-refractivity contribution in [1.29, 1.82) is 0 Å². The number of H-pyrrole nitrogens is 1. The van der Waals surface area contributed by atoms with E-state index >= 15 is 0 Å². The first-order chi connectivity index (χ1) is 7.20. The summed E-state index contributed by atoms with van der Waals surface area (Å²) in [6.07, 6.45) is -0.328. The van der Waals surface area contributed by atoms with E-state index in [0.717, 1.165) is 18.5 Å². The first-order valence-electron chi connectivity index (χ1n) is 4.17. The number of rotatable bonds is 2. The highest BCUT2D eigenvalue weighted by molar-refractivity contribution is 5.25. The Hall–Kier alpha value is -1.82. The Morgan fingerprint density at radius 1 is 1.27 bits per heavy atom. The molecule has 0 bridgehead atoms. The van der Waals surface area contributed by atoms with Crippen LogP contribution in [0.15, 0.2) is 24.5 Å². The number of halogens is 2. The van der Waals surface area contributed by atoms with Crippen LogP contribution in [0.1, 0.15) is 17.5 Å². The van der Waals surface area contributed by atoms with Gasteiger partial charge < -0.3 is 5.11 Å². The standard InChI is InChI=1S/C9H7F2N3O/c10-5-2-1-3-6(11)7(5)8(15)9-12-4-13-14-9/h1-4,8,15H,(H,12,13,14). The number of nitrogens with one attached hydrogen (secondary N) is 1. The molecule has 78 valence electrons. The molecule has 2 N–H and O–H groups in total. The molecule has 1 aromatic heterocycles. The van der Waals surface area contributed by atoms with E-state index in [0.29, 0.717) is 0 Å². The molecular weight excluding hydrogens is 204 g/mol. The van der Waals surface area contributed by atoms with Crippen molar-refractivity contribution in [3.05, 3.63) is 47.5 Å². The van der Waals surface area contributed by atoms with E-state index in [4.69, 9.17) is 0 Å². The molecule has 2 aromatic rings. The molecule has 0 saturated carbocycles. The number of nitrogens with zero attached hydrogens (tertiary/aromatic N) is 2. The lowest BCUT2D eigenvalue weighted by atomic mass is 10.1. The summed E-state index contributed by atoms with van der Waals surface area (Å²) < 4.78 is 26.5. The summed E-state index contributed by atoms with van der Waals surface area (Å²) in [6, 6.07) is 3.36. The molecule has 0 amide bonds. The summed E-state index contributed by atoms with van der Waals surface area (Å²) in [5.41, 5.74) is -0.436. The fourth-order valence-corrected chi connectivity index (χ4v) is 1.26. The summed E-state index contributed by atoms with van der Waals surface area (Å²) in [7, 11) is 0. The molecule has 0 aliphatic rings. The number of aliphatic hydroxyl groups excluding tert-OH is 1. The molecule has 1 unspecified atom stereocenters. The zero-order valence-electron chi connectivity index (χ0n) is 7.48. The van der Waals surface area contributed by atoms with E-state index < -0.39 is 23.3 Å². The highest BCUT2D eigenvalue weighted by Crippen LogP contribution is 2.23. The zero-order chi connectivity index (χ0) is 10.8. The van der Waals surface area contributed by atoms with Crippen LogP contribution in [-0.4, -0.2) is 20.3 Å². The summed E-state index contributed by atoms with van der Waals surface area (Å²) in [6.45, 7) is 0. The molecule has 0 aliphatic heterocycles. The summed E-state index contributed by atoms with van der Waals surface area (Å²) in [5, 5.41) is 15.5. The van der Waals surface area contributed by atoms with Gasteiger partial charge in [-0.05, 0) is 12.1 Å². The topological polar surface area (TPSA) is 61.8 Å². The largest absolute Gasteiger partial charge is 0.380 e. The lowest BCUT2D eigenvalue weighted by Crippen LogP contribution is -2.07. The smallest absolute Gasteiger partial charge is 0.157 e. The summed E-state index contributed by atoms with van der Waals surface area (Å²) in [4.78, 5) is 3.62. The lowest BCUT2D eigenvalue weighted by Gasteiger charge is -2.09. The molecule has 2 rings (SSSR count). The van der Waals surface area contributed by atoms with Crippen molar-refractivity contribution in [3.63, 3.8) is 0 Å². The monoisotopic (exact) mass is 211 g/mol. The van der Waals surface area contributed by atoms with Gasteiger partial charge in [-0.3, -0.25) is 5.10 Å². The van der Waals surface area contributed by atoms with Gasteiger partial charge in [-0.1, -0.05) is 6.07 Å². The SMILES string of the molecule is OC(c1ncn[nH]1)c1c(F)cccc1F. The number of aromatic nitrogens is 3. The number of benzene rings is 1. The normalized spacial score (nSPS) is 12.7. The lowest BCUT2D eigenvalue weighted by molar-refractivity contribution is 0.199. The van der Waals surface area contributed by atoms with Gasteiger partial charge in [0.15, 0.2) is 5.82 Å². The first-order valence-corrected chi connectivity index (χ1v) is 4.17. The Bertz CT molecular complexity index is 438. The minimum Gasteiger partial charge on any atom is -0.380 e. The average molecular weight is 211 g/mol. The van der Waals surface area contributed by atoms with E-state index in [1.54, 1.807) is 0 Å². The molecule has 0 radical (unpaired) electrons. The predicted octanol–water partition coefficient (Wildman–Crippen LogP) is 1.16. The van der Waals surface area contributed by atoms with Crippen LogP contribution < -0.4 is 0 Å². The Kier molecular flexibility index (Phi) is 2.42. The Morgan fingerprint density at radius 3 is 2.47 bits per heavy atom. The van der Waals surface area contributed by atoms with Crippen molar-refractivity contribution >= 4 is 0 Å². The molecule has 1 heterocycles. The van der Waals surface area contributed by atoms with E-state index in [1.165, 1.54) is 6.07 Å². The van der Waals surface area contributed by atoms with Gasteiger partial charge in [-0.15, -0.1) is 0 Å². The molecule has 15 heavy (non-hydrogen) atoms. The van der Waals surface area contributed by atoms with Gasteiger partial charge in [0.05, 0.1) is 5.56 Å². The van der Waals surface area contributed by atoms with Gasteiger partial charge in [0.2, 0.25) is 0 Å². The van der Waals surface area contributed by atoms with Crippen molar-refractivity contribution in [2.45, 2.75) is 6.10 Å². The van der Waals surface area contributed by atoms with Crippen molar-refractivity contribution in [3.8, 4) is 0 Å². The van der Waals surface area contributed by atoms with Gasteiger partial charge in [-0.2, -0.15) is 5.10 Å². The van der Waals surface area contributed by atoms with Crippen LogP contribution in [-0.2, 0) is 0 Å². The van der Waals surface area contributed by atoms with Crippen molar-refractivity contribution in [2.75, 3.05) is 0 Å². The molecule has 0 fully saturated rings. The number of hydrogen-bond donors (Lipinski definition) is 2. The van der Waals surface area contributed by atoms with Crippen LogP contribution in [0.25, 0.3) is 0 Å². The summed E-state index contributed by atoms with van der Waals surface area (Å²) >= 11 is 0. The van der Waals surface area contributed by atoms with Gasteiger partial charge in [0, 0.05) is 0 Å². The molecule has 0 aliphatic carbocycles. The minimum absolute atomic E-state index is 0.000926. The van der Waals surface area contributed by atoms with Crippen LogP contribution in [0, 0.1) is 11.6 Å². The quantitative estimate of drug-likeness (QED) is 0.783. The maximum absolute atomic E-state index is 13.2. The average Bonchev–Trinajstić information content (AvgIpc) is 2.69. The minimum atomic E-state index is -1.48. The third-order valence-corrected chi connectivity index (χ3v) is 1.97. The molecule has 6 heteroatoms. The van der Waals surface area contributed by atoms with Crippen molar-refractivity contribution < 1.29 is 13.9 Å². The highest BCUT2D eigenvalue weighted by atomic mass is 19.1. The van der Waals surface area contributed by atoms with E-state index in [2.05, 4.69) is 15.2 Å². The van der Waals surface area contributed by atoms with Gasteiger partial charge >= 0.3 is 0 Å². The first kappa shape index (κ1) is 9.72. The maximum Gasteiger partial charge on any atom is 0.157 e. The van der Waals surface area contributed by atoms with Crippen molar-refractivity contribution in [1.82, 2.24) is 15.2 Å². The van der Waals surface area contributed by atoms with Crippen LogP contribution >= 0.6 is 0 Å². The van der Waals surface area contributed by atoms with E-state index in [1.807, 2.05) is 0 Å². The number of aromatic amines is 1. The molecular formula is C9H7F2N3O. The van der Waals surface area contributed by atoms with Crippen LogP contribution in [0.3, 0.4) is 0 Å². The van der Waals surface area contributed by atoms with E-state index in [-0.39, 0.29) is 5.82 Å². The fourth-order valence-electron chi connectivity index (χ4n) is 1.26. The highest BCUT2D eigenvalue weighted by Gasteiger charge is 2.21. The summed E-state index contributed by atoms with van der Waals surface area (Å²) in [5.74, 6) is -1.64. The van der Waals surface area contributed by atoms with Crippen LogP contribution in [0.2, 0.25) is 0 Å². The van der Waals surface area contributed by atoms with E-state index in [9.17, 15) is 13.9 Å². The van der Waals surface area contributed by atoms with Crippen LogP contribution in [0.4, 0.5) is 8.78 Å². The third kappa shape index (κ3) is 1.71. The van der Waals surface area contributed by atoms with Gasteiger partial charge in [0.1, 0.15) is 24.1 Å². The second-order valence-corrected chi connectivity index (χ2v) is 2.91. The Morgan fingerprint density at radius 2 is 1.93 bits per heavy atom. The third-order valence-electron chi connectivity index (χ3n) is 1.97. The Labute approximate surface area is 83.6 Å². The maximum atomic E-state index is 13.2. The molecule has 0 saturated heterocycles. The Balaban J connectivity index is 2.46. The number of hydrogen-bond acceptors (Lipinski definition) is 3. The number of aliphatic hydroxyl groups is 1. The molecule has 1 aromatic carbocycles. The second-order valence-electron chi connectivity index (χ2n) is 2.91. The van der Waals surface area contributed by atoms with Crippen LogP contribution in [0.5, 0.6) is 0 Å². The molecule has 1 atom stereocenters. The van der Waals surface area contributed by atoms with Gasteiger partial charge in [0.25, 0.3) is 0 Å². The second kappa shape index (κ2) is 3.74. The fraction of sp³-hybridized carbons (Fsp3) is 0.111.